The first kappa shape index (κ1) is 14.3. The summed E-state index contributed by atoms with van der Waals surface area (Å²) < 4.78 is 1.22. The molecule has 1 heterocycles. The molecule has 100 valence electrons. The maximum Gasteiger partial charge on any atom is 0.243 e. The summed E-state index contributed by atoms with van der Waals surface area (Å²) in [7, 11) is 0. The van der Waals surface area contributed by atoms with E-state index >= 15 is 0 Å². The number of carbonyl (C=O) groups excluding carboxylic acids is 1. The van der Waals surface area contributed by atoms with Crippen molar-refractivity contribution in [1.29, 1.82) is 0 Å². The van der Waals surface area contributed by atoms with E-state index in [2.05, 4.69) is 53.6 Å². The van der Waals surface area contributed by atoms with Gasteiger partial charge in [0.15, 0.2) is 9.21 Å². The molecular weight excluding hydrogens is 384 g/mol. The van der Waals surface area contributed by atoms with E-state index in [1.807, 2.05) is 11.8 Å². The zero-order valence-electron chi connectivity index (χ0n) is 9.90. The lowest BCUT2D eigenvalue weighted by molar-refractivity contribution is -0.122. The van der Waals surface area contributed by atoms with Crippen LogP contribution < -0.4 is 5.32 Å². The normalized spacial score (nSPS) is 23.3. The fourth-order valence-electron chi connectivity index (χ4n) is 2.07. The van der Waals surface area contributed by atoms with Crippen LogP contribution in [-0.2, 0) is 11.3 Å². The van der Waals surface area contributed by atoms with E-state index in [1.165, 1.54) is 11.2 Å². The molecule has 2 rings (SSSR count). The van der Waals surface area contributed by atoms with E-state index in [0.29, 0.717) is 20.5 Å². The summed E-state index contributed by atoms with van der Waals surface area (Å²) in [6, 6.07) is 0.303. The zero-order valence-corrected chi connectivity index (χ0v) is 13.9. The number of aromatic nitrogens is 3. The van der Waals surface area contributed by atoms with Crippen LogP contribution in [0, 0.1) is 0 Å². The Morgan fingerprint density at radius 1 is 1.44 bits per heavy atom. The first-order valence-electron chi connectivity index (χ1n) is 5.66. The predicted molar refractivity (Wildman–Crippen MR) is 78.5 cm³/mol. The average molecular weight is 398 g/mol. The molecule has 5 nitrogen and oxygen atoms in total. The molecule has 1 saturated carbocycles. The topological polar surface area (TPSA) is 59.8 Å². The van der Waals surface area contributed by atoms with Gasteiger partial charge in [-0.2, -0.15) is 16.6 Å². The Kier molecular flexibility index (Phi) is 5.08. The number of halogens is 2. The van der Waals surface area contributed by atoms with Gasteiger partial charge in [-0.05, 0) is 57.4 Å². The molecule has 18 heavy (non-hydrogen) atoms. The molecule has 2 atom stereocenters. The standard InChI is InChI=1S/C10H14Br2N4OS/c1-18-7-3-2-6(4-7)13-8(17)5-16-14-9(11)10(12)15-16/h6-7H,2-5H2,1H3,(H,13,17). The Balaban J connectivity index is 1.82. The third-order valence-electron chi connectivity index (χ3n) is 2.94. The number of amides is 1. The Hall–Kier alpha value is -0.0800. The fourth-order valence-corrected chi connectivity index (χ4v) is 3.39. The second-order valence-electron chi connectivity index (χ2n) is 4.25. The van der Waals surface area contributed by atoms with Crippen molar-refractivity contribution in [3.05, 3.63) is 9.21 Å². The van der Waals surface area contributed by atoms with Crippen molar-refractivity contribution >= 4 is 49.5 Å². The van der Waals surface area contributed by atoms with Crippen molar-refractivity contribution in [3.63, 3.8) is 0 Å². The van der Waals surface area contributed by atoms with E-state index in [1.54, 1.807) is 0 Å². The minimum Gasteiger partial charge on any atom is -0.352 e. The SMILES string of the molecule is CSC1CCC(NC(=O)Cn2nc(Br)c(Br)n2)C1. The van der Waals surface area contributed by atoms with Crippen LogP contribution in [0.15, 0.2) is 9.21 Å². The van der Waals surface area contributed by atoms with Crippen molar-refractivity contribution in [2.45, 2.75) is 37.1 Å². The molecular formula is C10H14Br2N4OS. The lowest BCUT2D eigenvalue weighted by Crippen LogP contribution is -2.36. The van der Waals surface area contributed by atoms with Gasteiger partial charge in [-0.15, -0.1) is 10.2 Å². The summed E-state index contributed by atoms with van der Waals surface area (Å²) in [5.74, 6) is -0.0308. The highest BCUT2D eigenvalue weighted by Gasteiger charge is 2.25. The highest BCUT2D eigenvalue weighted by molar-refractivity contribution is 9.13. The monoisotopic (exact) mass is 396 g/mol. The molecule has 1 aromatic rings. The van der Waals surface area contributed by atoms with Gasteiger partial charge in [-0.1, -0.05) is 0 Å². The van der Waals surface area contributed by atoms with Gasteiger partial charge in [-0.3, -0.25) is 4.79 Å². The third kappa shape index (κ3) is 3.71. The minimum absolute atomic E-state index is 0.0308. The number of nitrogens with one attached hydrogen (secondary N) is 1. The Morgan fingerprint density at radius 3 is 2.67 bits per heavy atom. The summed E-state index contributed by atoms with van der Waals surface area (Å²) in [6.07, 6.45) is 5.44. The molecule has 1 amide bonds. The summed E-state index contributed by atoms with van der Waals surface area (Å²) in [5.41, 5.74) is 0. The molecule has 1 N–H and O–H groups in total. The minimum atomic E-state index is -0.0308. The molecule has 1 aliphatic carbocycles. The number of hydrogen-bond donors (Lipinski definition) is 1. The van der Waals surface area contributed by atoms with E-state index < -0.39 is 0 Å². The first-order chi connectivity index (χ1) is 8.58. The van der Waals surface area contributed by atoms with Gasteiger partial charge < -0.3 is 5.32 Å². The number of hydrogen-bond acceptors (Lipinski definition) is 4. The number of nitrogens with zero attached hydrogens (tertiary/aromatic N) is 3. The summed E-state index contributed by atoms with van der Waals surface area (Å²) in [6.45, 7) is 0.157. The highest BCUT2D eigenvalue weighted by Crippen LogP contribution is 2.28. The van der Waals surface area contributed by atoms with Crippen LogP contribution in [0.4, 0.5) is 0 Å². The number of rotatable bonds is 4. The van der Waals surface area contributed by atoms with Crippen molar-refractivity contribution in [3.8, 4) is 0 Å². The van der Waals surface area contributed by atoms with Crippen LogP contribution in [0.5, 0.6) is 0 Å². The van der Waals surface area contributed by atoms with Crippen molar-refractivity contribution in [2.75, 3.05) is 6.26 Å². The quantitative estimate of drug-likeness (QED) is 0.845. The van der Waals surface area contributed by atoms with Crippen LogP contribution in [0.3, 0.4) is 0 Å². The fraction of sp³-hybridized carbons (Fsp3) is 0.700. The smallest absolute Gasteiger partial charge is 0.243 e. The molecule has 0 radical (unpaired) electrons. The molecule has 0 spiro atoms. The van der Waals surface area contributed by atoms with Crippen molar-refractivity contribution in [1.82, 2.24) is 20.3 Å². The predicted octanol–water partition coefficient (Wildman–Crippen LogP) is 2.20. The summed E-state index contributed by atoms with van der Waals surface area (Å²) in [5, 5.41) is 11.9. The number of thioether (sulfide) groups is 1. The lowest BCUT2D eigenvalue weighted by Gasteiger charge is -2.12. The van der Waals surface area contributed by atoms with Crippen LogP contribution >= 0.6 is 43.6 Å². The van der Waals surface area contributed by atoms with E-state index in [9.17, 15) is 4.79 Å². The Bertz CT molecular complexity index is 420. The van der Waals surface area contributed by atoms with Crippen LogP contribution in [0.25, 0.3) is 0 Å². The zero-order chi connectivity index (χ0) is 13.1. The first-order valence-corrected chi connectivity index (χ1v) is 8.54. The molecule has 1 aliphatic rings. The third-order valence-corrected chi connectivity index (χ3v) is 5.64. The maximum absolute atomic E-state index is 11.8. The molecule has 8 heteroatoms. The molecule has 2 unspecified atom stereocenters. The Morgan fingerprint density at radius 2 is 2.11 bits per heavy atom. The number of carbonyl (C=O) groups is 1. The van der Waals surface area contributed by atoms with E-state index in [0.717, 1.165) is 12.8 Å². The average Bonchev–Trinajstić information content (AvgIpc) is 2.87. The van der Waals surface area contributed by atoms with Gasteiger partial charge in [0.2, 0.25) is 5.91 Å². The van der Waals surface area contributed by atoms with Crippen LogP contribution in [0.1, 0.15) is 19.3 Å². The largest absolute Gasteiger partial charge is 0.352 e. The van der Waals surface area contributed by atoms with Gasteiger partial charge in [0.25, 0.3) is 0 Å². The van der Waals surface area contributed by atoms with Crippen molar-refractivity contribution in [2.24, 2.45) is 0 Å². The molecule has 0 aromatic carbocycles. The highest BCUT2D eigenvalue weighted by atomic mass is 79.9. The van der Waals surface area contributed by atoms with Gasteiger partial charge in [0.05, 0.1) is 0 Å². The Labute approximate surface area is 127 Å². The maximum atomic E-state index is 11.8. The van der Waals surface area contributed by atoms with Crippen molar-refractivity contribution < 1.29 is 4.79 Å². The lowest BCUT2D eigenvalue weighted by atomic mass is 10.2. The second-order valence-corrected chi connectivity index (χ2v) is 6.89. The molecule has 0 aliphatic heterocycles. The second kappa shape index (κ2) is 6.38. The van der Waals surface area contributed by atoms with Crippen LogP contribution in [0.2, 0.25) is 0 Å². The molecule has 1 aromatic heterocycles. The molecule has 0 bridgehead atoms. The van der Waals surface area contributed by atoms with E-state index in [-0.39, 0.29) is 12.5 Å². The van der Waals surface area contributed by atoms with E-state index in [4.69, 9.17) is 0 Å². The van der Waals surface area contributed by atoms with Gasteiger partial charge in [0, 0.05) is 11.3 Å². The van der Waals surface area contributed by atoms with Gasteiger partial charge in [0.1, 0.15) is 6.54 Å². The van der Waals surface area contributed by atoms with Gasteiger partial charge in [-0.25, -0.2) is 0 Å². The van der Waals surface area contributed by atoms with Gasteiger partial charge >= 0.3 is 0 Å². The summed E-state index contributed by atoms with van der Waals surface area (Å²) >= 11 is 8.35. The molecule has 1 fully saturated rings. The summed E-state index contributed by atoms with van der Waals surface area (Å²) in [4.78, 5) is 13.2. The van der Waals surface area contributed by atoms with Crippen LogP contribution in [-0.4, -0.2) is 38.4 Å². The molecule has 0 saturated heterocycles.